The lowest BCUT2D eigenvalue weighted by Gasteiger charge is -2.16. The van der Waals surface area contributed by atoms with Crippen LogP contribution >= 0.6 is 0 Å². The minimum atomic E-state index is -3.90. The van der Waals surface area contributed by atoms with Crippen LogP contribution in [0.3, 0.4) is 0 Å². The van der Waals surface area contributed by atoms with Gasteiger partial charge >= 0.3 is 5.97 Å². The number of carbonyl (C=O) groups is 2. The highest BCUT2D eigenvalue weighted by Gasteiger charge is 2.19. The average Bonchev–Trinajstić information content (AvgIpc) is 2.60. The molecule has 0 atom stereocenters. The van der Waals surface area contributed by atoms with Crippen LogP contribution in [0.25, 0.3) is 0 Å². The lowest BCUT2D eigenvalue weighted by Crippen LogP contribution is -2.22. The van der Waals surface area contributed by atoms with Crippen LogP contribution in [0.2, 0.25) is 0 Å². The maximum atomic E-state index is 12.5. The molecule has 0 aromatic heterocycles. The Morgan fingerprint density at radius 3 is 2.20 bits per heavy atom. The number of anilines is 2. The van der Waals surface area contributed by atoms with Crippen LogP contribution in [0.1, 0.15) is 17.3 Å². The van der Waals surface area contributed by atoms with Gasteiger partial charge in [-0.2, -0.15) is 0 Å². The zero-order chi connectivity index (χ0) is 18.6. The summed E-state index contributed by atoms with van der Waals surface area (Å²) in [5.41, 5.74) is 0.808. The normalized spacial score (nSPS) is 10.8. The molecular formula is C17H18N2O5S. The van der Waals surface area contributed by atoms with Gasteiger partial charge in [0.25, 0.3) is 10.0 Å². The van der Waals surface area contributed by atoms with Crippen molar-refractivity contribution in [2.24, 2.45) is 0 Å². The maximum absolute atomic E-state index is 12.5. The van der Waals surface area contributed by atoms with Gasteiger partial charge in [0.1, 0.15) is 0 Å². The van der Waals surface area contributed by atoms with E-state index in [1.807, 2.05) is 0 Å². The smallest absolute Gasteiger partial charge is 0.339 e. The first-order valence-corrected chi connectivity index (χ1v) is 8.79. The molecule has 2 rings (SSSR count). The Bertz CT molecular complexity index is 892. The largest absolute Gasteiger partial charge is 0.465 e. The van der Waals surface area contributed by atoms with Crippen molar-refractivity contribution < 1.29 is 22.7 Å². The van der Waals surface area contributed by atoms with Crippen molar-refractivity contribution in [2.45, 2.75) is 11.8 Å². The van der Waals surface area contributed by atoms with Crippen LogP contribution in [0.15, 0.2) is 53.4 Å². The number of benzene rings is 2. The van der Waals surface area contributed by atoms with Crippen LogP contribution in [0.4, 0.5) is 11.4 Å². The summed E-state index contributed by atoms with van der Waals surface area (Å²) < 4.78 is 32.1. The third kappa shape index (κ3) is 4.16. The Kier molecular flexibility index (Phi) is 5.43. The minimum Gasteiger partial charge on any atom is -0.465 e. The highest BCUT2D eigenvalue weighted by atomic mass is 32.2. The van der Waals surface area contributed by atoms with Crippen molar-refractivity contribution >= 4 is 33.3 Å². The predicted octanol–water partition coefficient (Wildman–Crippen LogP) is 2.26. The Morgan fingerprint density at radius 1 is 1.04 bits per heavy atom. The molecule has 0 unspecified atom stereocenters. The van der Waals surface area contributed by atoms with E-state index in [1.54, 1.807) is 19.2 Å². The Morgan fingerprint density at radius 2 is 1.64 bits per heavy atom. The topological polar surface area (TPSA) is 92.8 Å². The summed E-state index contributed by atoms with van der Waals surface area (Å²) in [6.45, 7) is 1.41. The number of para-hydroxylation sites is 1. The van der Waals surface area contributed by atoms with E-state index >= 15 is 0 Å². The molecule has 0 aliphatic heterocycles. The molecule has 0 saturated carbocycles. The highest BCUT2D eigenvalue weighted by molar-refractivity contribution is 7.92. The van der Waals surface area contributed by atoms with E-state index in [9.17, 15) is 18.0 Å². The van der Waals surface area contributed by atoms with Gasteiger partial charge in [0.05, 0.1) is 23.3 Å². The molecule has 25 heavy (non-hydrogen) atoms. The Hall–Kier alpha value is -2.87. The fourth-order valence-electron chi connectivity index (χ4n) is 2.09. The van der Waals surface area contributed by atoms with E-state index in [1.165, 1.54) is 55.3 Å². The Labute approximate surface area is 146 Å². The number of esters is 1. The monoisotopic (exact) mass is 362 g/mol. The molecule has 0 heterocycles. The molecule has 7 nitrogen and oxygen atoms in total. The first kappa shape index (κ1) is 18.5. The summed E-state index contributed by atoms with van der Waals surface area (Å²) in [5, 5.41) is 0. The van der Waals surface area contributed by atoms with Crippen molar-refractivity contribution in [2.75, 3.05) is 23.8 Å². The fourth-order valence-corrected chi connectivity index (χ4v) is 3.17. The van der Waals surface area contributed by atoms with Gasteiger partial charge in [-0.15, -0.1) is 0 Å². The molecule has 2 aromatic carbocycles. The van der Waals surface area contributed by atoms with Crippen LogP contribution in [0, 0.1) is 0 Å². The lowest BCUT2D eigenvalue weighted by molar-refractivity contribution is -0.116. The number of hydrogen-bond donors (Lipinski definition) is 1. The molecule has 8 heteroatoms. The number of nitrogens with one attached hydrogen (secondary N) is 1. The molecule has 0 fully saturated rings. The molecule has 2 aromatic rings. The second kappa shape index (κ2) is 7.35. The first-order valence-electron chi connectivity index (χ1n) is 7.31. The van der Waals surface area contributed by atoms with Crippen LogP contribution in [-0.2, 0) is 19.6 Å². The standard InChI is InChI=1S/C17H18N2O5S/c1-12(20)19(2)13-8-10-14(11-9-13)25(22,23)18-16-7-5-4-6-15(16)17(21)24-3/h4-11,18H,1-3H3. The number of ether oxygens (including phenoxy) is 1. The van der Waals surface area contributed by atoms with Gasteiger partial charge in [-0.3, -0.25) is 9.52 Å². The van der Waals surface area contributed by atoms with Gasteiger partial charge in [-0.1, -0.05) is 12.1 Å². The molecule has 0 radical (unpaired) electrons. The molecule has 132 valence electrons. The van der Waals surface area contributed by atoms with Crippen molar-refractivity contribution in [3.05, 3.63) is 54.1 Å². The summed E-state index contributed by atoms with van der Waals surface area (Å²) in [6, 6.07) is 12.0. The molecule has 0 spiro atoms. The SMILES string of the molecule is COC(=O)c1ccccc1NS(=O)(=O)c1ccc(N(C)C(C)=O)cc1. The molecule has 0 bridgehead atoms. The van der Waals surface area contributed by atoms with E-state index in [0.29, 0.717) is 5.69 Å². The van der Waals surface area contributed by atoms with Gasteiger partial charge in [-0.25, -0.2) is 13.2 Å². The maximum Gasteiger partial charge on any atom is 0.339 e. The zero-order valence-electron chi connectivity index (χ0n) is 14.0. The average molecular weight is 362 g/mol. The molecule has 1 N–H and O–H groups in total. The van der Waals surface area contributed by atoms with Gasteiger partial charge < -0.3 is 9.64 Å². The van der Waals surface area contributed by atoms with E-state index < -0.39 is 16.0 Å². The minimum absolute atomic E-state index is 0.00729. The van der Waals surface area contributed by atoms with Crippen molar-refractivity contribution in [3.63, 3.8) is 0 Å². The number of nitrogens with zero attached hydrogens (tertiary/aromatic N) is 1. The molecular weight excluding hydrogens is 344 g/mol. The molecule has 0 aliphatic rings. The summed E-state index contributed by atoms with van der Waals surface area (Å²) in [6.07, 6.45) is 0. The fraction of sp³-hybridized carbons (Fsp3) is 0.176. The number of hydrogen-bond acceptors (Lipinski definition) is 5. The van der Waals surface area contributed by atoms with E-state index in [0.717, 1.165) is 0 Å². The summed E-state index contributed by atoms with van der Waals surface area (Å²) >= 11 is 0. The number of methoxy groups -OCH3 is 1. The Balaban J connectivity index is 2.32. The number of amides is 1. The summed E-state index contributed by atoms with van der Waals surface area (Å²) in [5.74, 6) is -0.808. The van der Waals surface area contributed by atoms with Crippen molar-refractivity contribution in [1.82, 2.24) is 0 Å². The van der Waals surface area contributed by atoms with Crippen LogP contribution < -0.4 is 9.62 Å². The lowest BCUT2D eigenvalue weighted by atomic mass is 10.2. The third-order valence-electron chi connectivity index (χ3n) is 3.58. The quantitative estimate of drug-likeness (QED) is 0.824. The second-order valence-corrected chi connectivity index (χ2v) is 6.90. The van der Waals surface area contributed by atoms with Gasteiger partial charge in [0.15, 0.2) is 0 Å². The first-order chi connectivity index (χ1) is 11.8. The van der Waals surface area contributed by atoms with E-state index in [-0.39, 0.29) is 22.1 Å². The summed E-state index contributed by atoms with van der Waals surface area (Å²) in [7, 11) is -1.09. The predicted molar refractivity (Wildman–Crippen MR) is 94.1 cm³/mol. The summed E-state index contributed by atoms with van der Waals surface area (Å²) in [4.78, 5) is 24.5. The van der Waals surface area contributed by atoms with Crippen molar-refractivity contribution in [1.29, 1.82) is 0 Å². The second-order valence-electron chi connectivity index (χ2n) is 5.21. The number of carbonyl (C=O) groups excluding carboxylic acids is 2. The van der Waals surface area contributed by atoms with E-state index in [2.05, 4.69) is 9.46 Å². The molecule has 0 aliphatic carbocycles. The highest BCUT2D eigenvalue weighted by Crippen LogP contribution is 2.22. The van der Waals surface area contributed by atoms with E-state index in [4.69, 9.17) is 0 Å². The third-order valence-corrected chi connectivity index (χ3v) is 4.96. The number of rotatable bonds is 5. The van der Waals surface area contributed by atoms with Gasteiger partial charge in [0.2, 0.25) is 5.91 Å². The van der Waals surface area contributed by atoms with Crippen LogP contribution in [0.5, 0.6) is 0 Å². The van der Waals surface area contributed by atoms with Gasteiger partial charge in [-0.05, 0) is 36.4 Å². The molecule has 0 saturated heterocycles. The van der Waals surface area contributed by atoms with Crippen molar-refractivity contribution in [3.8, 4) is 0 Å². The van der Waals surface area contributed by atoms with Gasteiger partial charge in [0, 0.05) is 19.7 Å². The molecule has 1 amide bonds. The van der Waals surface area contributed by atoms with Crippen LogP contribution in [-0.4, -0.2) is 34.5 Å². The number of sulfonamides is 1. The zero-order valence-corrected chi connectivity index (χ0v) is 14.8.